The van der Waals surface area contributed by atoms with Gasteiger partial charge >= 0.3 is 5.97 Å². The lowest BCUT2D eigenvalue weighted by molar-refractivity contribution is 0.0601. The largest absolute Gasteiger partial charge is 0.494 e. The minimum absolute atomic E-state index is 0.00430. The van der Waals surface area contributed by atoms with Gasteiger partial charge in [-0.05, 0) is 42.7 Å². The van der Waals surface area contributed by atoms with E-state index < -0.39 is 5.97 Å². The number of rotatable bonds is 5. The van der Waals surface area contributed by atoms with Crippen molar-refractivity contribution in [2.75, 3.05) is 13.4 Å². The number of thioether (sulfide) groups is 1. The highest BCUT2D eigenvalue weighted by molar-refractivity contribution is 7.98. The summed E-state index contributed by atoms with van der Waals surface area (Å²) in [5, 5.41) is 11.5. The number of aromatic nitrogens is 1. The molecule has 4 rings (SSSR count). The number of hydrogen-bond donors (Lipinski definition) is 2. The number of ether oxygens (including phenoxy) is 1. The first-order chi connectivity index (χ1) is 14.6. The van der Waals surface area contributed by atoms with Crippen LogP contribution < -0.4 is 0 Å². The first-order valence-corrected chi connectivity index (χ1v) is 10.5. The molecule has 0 aliphatic heterocycles. The Hall–Kier alpha value is -3.51. The van der Waals surface area contributed by atoms with Gasteiger partial charge in [0.25, 0.3) is 0 Å². The number of aromatic hydroxyl groups is 1. The summed E-state index contributed by atoms with van der Waals surface area (Å²) in [6.45, 7) is 0. The van der Waals surface area contributed by atoms with E-state index in [4.69, 9.17) is 9.73 Å². The van der Waals surface area contributed by atoms with Crippen LogP contribution in [0.4, 0.5) is 5.69 Å². The summed E-state index contributed by atoms with van der Waals surface area (Å²) in [7, 11) is 1.34. The van der Waals surface area contributed by atoms with Crippen molar-refractivity contribution in [3.8, 4) is 5.88 Å². The lowest BCUT2D eigenvalue weighted by Gasteiger charge is -2.08. The van der Waals surface area contributed by atoms with Gasteiger partial charge in [-0.3, -0.25) is 0 Å². The van der Waals surface area contributed by atoms with E-state index in [1.807, 2.05) is 60.9 Å². The fourth-order valence-corrected chi connectivity index (χ4v) is 3.72. The summed E-state index contributed by atoms with van der Waals surface area (Å²) in [5.74, 6) is -0.436. The molecule has 3 aromatic carbocycles. The van der Waals surface area contributed by atoms with Crippen LogP contribution in [-0.4, -0.2) is 35.1 Å². The number of esters is 1. The van der Waals surface area contributed by atoms with Crippen molar-refractivity contribution in [3.63, 3.8) is 0 Å². The van der Waals surface area contributed by atoms with Gasteiger partial charge in [-0.15, -0.1) is 11.8 Å². The molecule has 2 N–H and O–H groups in total. The van der Waals surface area contributed by atoms with E-state index in [0.717, 1.165) is 21.5 Å². The second-order valence-electron chi connectivity index (χ2n) is 6.63. The quantitative estimate of drug-likeness (QED) is 0.254. The summed E-state index contributed by atoms with van der Waals surface area (Å²) in [4.78, 5) is 20.9. The van der Waals surface area contributed by atoms with Crippen LogP contribution in [0.5, 0.6) is 5.88 Å². The van der Waals surface area contributed by atoms with Crippen LogP contribution >= 0.6 is 11.8 Å². The SMILES string of the molecule is COC(=O)c1ccc2c(C(=Nc3ccc(SC)cc3)c3ccccc3)c(O)[nH]c2c1. The standard InChI is InChI=1S/C24H20N2O3S/c1-29-24(28)16-8-13-19-20(14-16)26-23(27)21(19)22(15-6-4-3-5-7-15)25-17-9-11-18(30-2)12-10-17/h3-14,26-27H,1-2H3. The molecular formula is C24H20N2O3S. The number of benzene rings is 3. The fraction of sp³-hybridized carbons (Fsp3) is 0.0833. The zero-order valence-electron chi connectivity index (χ0n) is 16.5. The topological polar surface area (TPSA) is 74.7 Å². The number of nitrogens with zero attached hydrogens (tertiary/aromatic N) is 1. The summed E-state index contributed by atoms with van der Waals surface area (Å²) in [6.07, 6.45) is 2.03. The highest BCUT2D eigenvalue weighted by Crippen LogP contribution is 2.32. The number of carbonyl (C=O) groups is 1. The van der Waals surface area contributed by atoms with Crippen molar-refractivity contribution >= 4 is 40.0 Å². The molecule has 0 aliphatic carbocycles. The maximum Gasteiger partial charge on any atom is 0.337 e. The Bertz CT molecular complexity index is 1230. The fourth-order valence-electron chi connectivity index (χ4n) is 3.31. The monoisotopic (exact) mass is 416 g/mol. The predicted octanol–water partition coefficient (Wildman–Crippen LogP) is 5.55. The average Bonchev–Trinajstić information content (AvgIpc) is 3.12. The third kappa shape index (κ3) is 3.82. The van der Waals surface area contributed by atoms with Crippen molar-refractivity contribution < 1.29 is 14.6 Å². The van der Waals surface area contributed by atoms with Gasteiger partial charge in [0.2, 0.25) is 0 Å². The van der Waals surface area contributed by atoms with Gasteiger partial charge < -0.3 is 14.8 Å². The van der Waals surface area contributed by atoms with Crippen molar-refractivity contribution in [2.45, 2.75) is 4.90 Å². The highest BCUT2D eigenvalue weighted by Gasteiger charge is 2.19. The normalized spacial score (nSPS) is 11.6. The number of methoxy groups -OCH3 is 1. The number of nitrogens with one attached hydrogen (secondary N) is 1. The maximum atomic E-state index is 11.9. The molecule has 5 nitrogen and oxygen atoms in total. The number of aliphatic imine (C=N–C) groups is 1. The molecule has 30 heavy (non-hydrogen) atoms. The number of H-pyrrole nitrogens is 1. The molecule has 0 aliphatic rings. The van der Waals surface area contributed by atoms with Gasteiger partial charge in [-0.2, -0.15) is 0 Å². The molecule has 4 aromatic rings. The smallest absolute Gasteiger partial charge is 0.337 e. The Morgan fingerprint density at radius 1 is 1.00 bits per heavy atom. The predicted molar refractivity (Wildman–Crippen MR) is 121 cm³/mol. The van der Waals surface area contributed by atoms with E-state index in [9.17, 15) is 9.90 Å². The summed E-state index contributed by atoms with van der Waals surface area (Å²) < 4.78 is 4.80. The van der Waals surface area contributed by atoms with E-state index in [1.54, 1.807) is 30.0 Å². The molecule has 0 amide bonds. The zero-order chi connectivity index (χ0) is 21.1. The van der Waals surface area contributed by atoms with Crippen LogP contribution in [-0.2, 0) is 4.74 Å². The summed E-state index contributed by atoms with van der Waals surface area (Å²) >= 11 is 1.67. The van der Waals surface area contributed by atoms with Crippen LogP contribution in [0.1, 0.15) is 21.5 Å². The van der Waals surface area contributed by atoms with E-state index in [2.05, 4.69) is 4.98 Å². The Morgan fingerprint density at radius 3 is 2.40 bits per heavy atom. The third-order valence-electron chi connectivity index (χ3n) is 4.80. The highest BCUT2D eigenvalue weighted by atomic mass is 32.2. The van der Waals surface area contributed by atoms with Gasteiger partial charge in [0, 0.05) is 21.4 Å². The van der Waals surface area contributed by atoms with Crippen molar-refractivity contribution in [1.82, 2.24) is 4.98 Å². The summed E-state index contributed by atoms with van der Waals surface area (Å²) in [5.41, 5.74) is 3.92. The minimum Gasteiger partial charge on any atom is -0.494 e. The van der Waals surface area contributed by atoms with Crippen LogP contribution in [0.15, 0.2) is 82.7 Å². The Morgan fingerprint density at radius 2 is 1.73 bits per heavy atom. The number of fused-ring (bicyclic) bond motifs is 1. The van der Waals surface area contributed by atoms with E-state index in [1.165, 1.54) is 7.11 Å². The Balaban J connectivity index is 1.91. The average molecular weight is 417 g/mol. The lowest BCUT2D eigenvalue weighted by Crippen LogP contribution is -2.03. The van der Waals surface area contributed by atoms with Crippen molar-refractivity contribution in [2.24, 2.45) is 4.99 Å². The van der Waals surface area contributed by atoms with Crippen LogP contribution in [0.2, 0.25) is 0 Å². The van der Waals surface area contributed by atoms with E-state index in [0.29, 0.717) is 22.4 Å². The molecule has 0 saturated heterocycles. The van der Waals surface area contributed by atoms with Crippen LogP contribution in [0, 0.1) is 0 Å². The lowest BCUT2D eigenvalue weighted by atomic mass is 10.00. The minimum atomic E-state index is -0.432. The number of carbonyl (C=O) groups excluding carboxylic acids is 1. The maximum absolute atomic E-state index is 11.9. The number of aromatic amines is 1. The van der Waals surface area contributed by atoms with Gasteiger partial charge in [0.05, 0.1) is 29.6 Å². The molecule has 0 fully saturated rings. The van der Waals surface area contributed by atoms with Crippen molar-refractivity contribution in [1.29, 1.82) is 0 Å². The first-order valence-electron chi connectivity index (χ1n) is 9.32. The van der Waals surface area contributed by atoms with E-state index in [-0.39, 0.29) is 5.88 Å². The van der Waals surface area contributed by atoms with E-state index >= 15 is 0 Å². The number of hydrogen-bond acceptors (Lipinski definition) is 5. The molecule has 0 saturated carbocycles. The van der Waals surface area contributed by atoms with Crippen molar-refractivity contribution in [3.05, 3.63) is 89.5 Å². The summed E-state index contributed by atoms with van der Waals surface area (Å²) in [6, 6.07) is 22.8. The molecule has 1 aromatic heterocycles. The molecule has 0 radical (unpaired) electrons. The Kier molecular flexibility index (Phi) is 5.59. The molecular weight excluding hydrogens is 396 g/mol. The van der Waals surface area contributed by atoms with Crippen LogP contribution in [0.25, 0.3) is 10.9 Å². The Labute approximate surface area is 178 Å². The molecule has 0 unspecified atom stereocenters. The van der Waals surface area contributed by atoms with Crippen LogP contribution in [0.3, 0.4) is 0 Å². The second kappa shape index (κ2) is 8.47. The second-order valence-corrected chi connectivity index (χ2v) is 7.50. The van der Waals surface area contributed by atoms with Gasteiger partial charge in [0.15, 0.2) is 5.88 Å². The molecule has 0 atom stereocenters. The third-order valence-corrected chi connectivity index (χ3v) is 5.54. The van der Waals surface area contributed by atoms with Gasteiger partial charge in [-0.1, -0.05) is 36.4 Å². The molecule has 1 heterocycles. The first kappa shape index (κ1) is 19.8. The molecule has 0 spiro atoms. The van der Waals surface area contributed by atoms with Gasteiger partial charge in [-0.25, -0.2) is 9.79 Å². The zero-order valence-corrected chi connectivity index (χ0v) is 17.4. The molecule has 150 valence electrons. The molecule has 6 heteroatoms. The molecule has 0 bridgehead atoms. The van der Waals surface area contributed by atoms with Gasteiger partial charge in [0.1, 0.15) is 0 Å².